The third kappa shape index (κ3) is 5.64. The molecule has 0 atom stereocenters. The summed E-state index contributed by atoms with van der Waals surface area (Å²) in [6.07, 6.45) is 0.770. The average Bonchev–Trinajstić information content (AvgIpc) is 2.76. The zero-order chi connectivity index (χ0) is 23.3. The van der Waals surface area contributed by atoms with Gasteiger partial charge in [-0.25, -0.2) is 8.42 Å². The summed E-state index contributed by atoms with van der Waals surface area (Å²) in [5.41, 5.74) is 5.60. The average molecular weight is 451 g/mol. The minimum Gasteiger partial charge on any atom is -0.324 e. The second-order valence-electron chi connectivity index (χ2n) is 8.08. The van der Waals surface area contributed by atoms with Crippen LogP contribution >= 0.6 is 0 Å². The van der Waals surface area contributed by atoms with Crippen molar-refractivity contribution in [1.29, 1.82) is 0 Å². The highest BCUT2D eigenvalue weighted by Crippen LogP contribution is 2.23. The summed E-state index contributed by atoms with van der Waals surface area (Å²) < 4.78 is 28.1. The summed E-state index contributed by atoms with van der Waals surface area (Å²) in [5, 5.41) is 2.94. The quantitative estimate of drug-likeness (QED) is 0.525. The zero-order valence-electron chi connectivity index (χ0n) is 19.1. The lowest BCUT2D eigenvalue weighted by Crippen LogP contribution is -2.37. The second-order valence-corrected chi connectivity index (χ2v) is 10.0. The number of anilines is 1. The second kappa shape index (κ2) is 10.1. The van der Waals surface area contributed by atoms with E-state index in [-0.39, 0.29) is 23.9 Å². The number of benzene rings is 3. The number of para-hydroxylation sites is 1. The first-order valence-corrected chi connectivity index (χ1v) is 12.2. The number of hydrogen-bond acceptors (Lipinski definition) is 3. The molecule has 0 saturated carbocycles. The van der Waals surface area contributed by atoms with E-state index >= 15 is 0 Å². The van der Waals surface area contributed by atoms with Crippen LogP contribution in [0.15, 0.2) is 71.6 Å². The molecule has 0 bridgehead atoms. The molecule has 0 aliphatic rings. The van der Waals surface area contributed by atoms with Crippen molar-refractivity contribution >= 4 is 21.6 Å². The molecule has 3 aromatic rings. The maximum atomic E-state index is 13.4. The number of nitrogens with zero attached hydrogens (tertiary/aromatic N) is 1. The Hall–Kier alpha value is -2.96. The van der Waals surface area contributed by atoms with Crippen molar-refractivity contribution < 1.29 is 13.2 Å². The minimum atomic E-state index is -3.87. The monoisotopic (exact) mass is 450 g/mol. The molecule has 32 heavy (non-hydrogen) atoms. The Kier molecular flexibility index (Phi) is 7.48. The van der Waals surface area contributed by atoms with Crippen molar-refractivity contribution in [2.45, 2.75) is 45.6 Å². The van der Waals surface area contributed by atoms with Crippen LogP contribution in [0, 0.1) is 20.8 Å². The van der Waals surface area contributed by atoms with Gasteiger partial charge < -0.3 is 5.32 Å². The van der Waals surface area contributed by atoms with Crippen LogP contribution in [0.4, 0.5) is 5.69 Å². The third-order valence-corrected chi connectivity index (χ3v) is 7.27. The number of carbonyl (C=O) groups excluding carboxylic acids is 1. The van der Waals surface area contributed by atoms with Crippen LogP contribution in [0.3, 0.4) is 0 Å². The third-order valence-electron chi connectivity index (χ3n) is 5.46. The molecular formula is C26H30N2O3S. The Morgan fingerprint density at radius 3 is 2.06 bits per heavy atom. The van der Waals surface area contributed by atoms with E-state index in [1.807, 2.05) is 70.2 Å². The number of carbonyl (C=O) groups is 1. The van der Waals surface area contributed by atoms with Gasteiger partial charge in [0.25, 0.3) is 0 Å². The molecule has 168 valence electrons. The van der Waals surface area contributed by atoms with Crippen LogP contribution in [0.1, 0.15) is 34.7 Å². The Balaban J connectivity index is 1.91. The fourth-order valence-electron chi connectivity index (χ4n) is 3.52. The first-order chi connectivity index (χ1) is 15.2. The van der Waals surface area contributed by atoms with Gasteiger partial charge in [-0.05, 0) is 56.0 Å². The van der Waals surface area contributed by atoms with Crippen molar-refractivity contribution in [3.63, 3.8) is 0 Å². The van der Waals surface area contributed by atoms with Gasteiger partial charge in [0, 0.05) is 12.2 Å². The van der Waals surface area contributed by atoms with Crippen LogP contribution in [0.5, 0.6) is 0 Å². The van der Waals surface area contributed by atoms with E-state index in [1.165, 1.54) is 4.31 Å². The molecule has 0 aliphatic heterocycles. The summed E-state index contributed by atoms with van der Waals surface area (Å²) in [5.74, 6) is -0.364. The fourth-order valence-corrected chi connectivity index (χ4v) is 4.91. The predicted octanol–water partition coefficient (Wildman–Crippen LogP) is 5.00. The highest BCUT2D eigenvalue weighted by molar-refractivity contribution is 7.89. The number of sulfonamides is 1. The zero-order valence-corrected chi connectivity index (χ0v) is 19.9. The van der Waals surface area contributed by atoms with Crippen molar-refractivity contribution in [3.05, 3.63) is 94.5 Å². The van der Waals surface area contributed by atoms with Crippen molar-refractivity contribution in [2.24, 2.45) is 0 Å². The predicted molar refractivity (Wildman–Crippen MR) is 129 cm³/mol. The number of amides is 1. The lowest BCUT2D eigenvalue weighted by atomic mass is 10.1. The van der Waals surface area contributed by atoms with Gasteiger partial charge in [0.2, 0.25) is 15.9 Å². The van der Waals surface area contributed by atoms with Crippen molar-refractivity contribution in [1.82, 2.24) is 4.31 Å². The summed E-state index contributed by atoms with van der Waals surface area (Å²) in [4.78, 5) is 13.2. The minimum absolute atomic E-state index is 0.109. The van der Waals surface area contributed by atoms with E-state index < -0.39 is 10.0 Å². The van der Waals surface area contributed by atoms with E-state index in [1.54, 1.807) is 24.3 Å². The highest BCUT2D eigenvalue weighted by Gasteiger charge is 2.27. The maximum absolute atomic E-state index is 13.4. The molecule has 0 heterocycles. The largest absolute Gasteiger partial charge is 0.324 e. The van der Waals surface area contributed by atoms with Gasteiger partial charge in [0.15, 0.2) is 0 Å². The van der Waals surface area contributed by atoms with Gasteiger partial charge in [-0.1, -0.05) is 72.6 Å². The molecule has 0 spiro atoms. The van der Waals surface area contributed by atoms with Crippen LogP contribution in [0.25, 0.3) is 0 Å². The Morgan fingerprint density at radius 1 is 0.875 bits per heavy atom. The Bertz CT molecular complexity index is 1180. The molecule has 0 aromatic heterocycles. The molecule has 1 amide bonds. The molecule has 0 radical (unpaired) electrons. The summed E-state index contributed by atoms with van der Waals surface area (Å²) in [7, 11) is -3.87. The van der Waals surface area contributed by atoms with Crippen molar-refractivity contribution in [3.8, 4) is 0 Å². The Morgan fingerprint density at radius 2 is 1.47 bits per heavy atom. The molecule has 5 nitrogen and oxygen atoms in total. The van der Waals surface area contributed by atoms with Gasteiger partial charge in [0.05, 0.1) is 11.4 Å². The number of rotatable bonds is 8. The molecule has 0 fully saturated rings. The van der Waals surface area contributed by atoms with E-state index in [0.717, 1.165) is 39.9 Å². The van der Waals surface area contributed by atoms with E-state index in [9.17, 15) is 13.2 Å². The smallest absolute Gasteiger partial charge is 0.243 e. The molecule has 3 rings (SSSR count). The van der Waals surface area contributed by atoms with E-state index in [4.69, 9.17) is 0 Å². The normalized spacial score (nSPS) is 11.5. The van der Waals surface area contributed by atoms with Crippen LogP contribution in [-0.2, 0) is 27.8 Å². The van der Waals surface area contributed by atoms with Gasteiger partial charge >= 0.3 is 0 Å². The fraction of sp³-hybridized carbons (Fsp3) is 0.269. The molecule has 0 aliphatic carbocycles. The lowest BCUT2D eigenvalue weighted by Gasteiger charge is -2.23. The molecule has 0 unspecified atom stereocenters. The number of nitrogens with one attached hydrogen (secondary N) is 1. The summed E-state index contributed by atoms with van der Waals surface area (Å²) in [6, 6.07) is 20.2. The van der Waals surface area contributed by atoms with Crippen LogP contribution < -0.4 is 5.32 Å². The van der Waals surface area contributed by atoms with Crippen LogP contribution in [0.2, 0.25) is 0 Å². The van der Waals surface area contributed by atoms with E-state index in [2.05, 4.69) is 5.32 Å². The molecule has 6 heteroatoms. The number of hydrogen-bond donors (Lipinski definition) is 1. The summed E-state index contributed by atoms with van der Waals surface area (Å²) in [6.45, 7) is 7.67. The lowest BCUT2D eigenvalue weighted by molar-refractivity contribution is -0.116. The van der Waals surface area contributed by atoms with Crippen LogP contribution in [-0.4, -0.2) is 25.2 Å². The van der Waals surface area contributed by atoms with E-state index in [0.29, 0.717) is 0 Å². The first kappa shape index (κ1) is 23.7. The maximum Gasteiger partial charge on any atom is 0.243 e. The molecule has 1 N–H and O–H groups in total. The van der Waals surface area contributed by atoms with Gasteiger partial charge in [-0.2, -0.15) is 4.31 Å². The molecule has 0 saturated heterocycles. The highest BCUT2D eigenvalue weighted by atomic mass is 32.2. The van der Waals surface area contributed by atoms with Gasteiger partial charge in [-0.3, -0.25) is 4.79 Å². The molecular weight excluding hydrogens is 420 g/mol. The Labute approximate surface area is 191 Å². The van der Waals surface area contributed by atoms with Crippen molar-refractivity contribution in [2.75, 3.05) is 11.9 Å². The summed E-state index contributed by atoms with van der Waals surface area (Å²) >= 11 is 0. The van der Waals surface area contributed by atoms with Gasteiger partial charge in [-0.15, -0.1) is 0 Å². The topological polar surface area (TPSA) is 66.5 Å². The van der Waals surface area contributed by atoms with Gasteiger partial charge in [0.1, 0.15) is 0 Å². The first-order valence-electron chi connectivity index (χ1n) is 10.7. The standard InChI is InChI=1S/C26H30N2O3S/c1-5-23-8-6-7-21(4)26(23)27-25(29)18-28(17-22-13-9-19(2)10-14-22)32(30,31)24-15-11-20(3)12-16-24/h6-16H,5,17-18H2,1-4H3,(H,27,29). The molecule has 3 aromatic carbocycles. The SMILES string of the molecule is CCc1cccc(C)c1NC(=O)CN(Cc1ccc(C)cc1)S(=O)(=O)c1ccc(C)cc1. The number of aryl methyl sites for hydroxylation is 4.